The molecule has 0 amide bonds. The topological polar surface area (TPSA) is 59.9 Å². The number of methoxy groups -OCH3 is 1. The molecule has 100 valence electrons. The van der Waals surface area contributed by atoms with Crippen molar-refractivity contribution in [2.75, 3.05) is 12.4 Å². The van der Waals surface area contributed by atoms with Crippen LogP contribution in [0.3, 0.4) is 0 Å². The molecular weight excluding hydrogens is 264 g/mol. The van der Waals surface area contributed by atoms with Gasteiger partial charge in [0.15, 0.2) is 5.82 Å². The summed E-state index contributed by atoms with van der Waals surface area (Å²) in [4.78, 5) is 12.4. The molecule has 2 heterocycles. The second-order valence-corrected chi connectivity index (χ2v) is 4.46. The van der Waals surface area contributed by atoms with E-state index >= 15 is 0 Å². The molecule has 2 aromatic heterocycles. The fourth-order valence-corrected chi connectivity index (χ4v) is 1.89. The van der Waals surface area contributed by atoms with Crippen LogP contribution in [0.15, 0.2) is 30.6 Å². The molecule has 1 atom stereocenters. The molecule has 5 nitrogen and oxygen atoms in total. The molecule has 1 N–H and O–H groups in total. The molecular formula is C13H15ClN4O. The number of rotatable bonds is 5. The number of aromatic nitrogens is 3. The number of pyridine rings is 1. The fraction of sp³-hybridized carbons (Fsp3) is 0.308. The van der Waals surface area contributed by atoms with E-state index in [1.54, 1.807) is 25.6 Å². The summed E-state index contributed by atoms with van der Waals surface area (Å²) >= 11 is 5.96. The number of ether oxygens (including phenoxy) is 1. The largest absolute Gasteiger partial charge is 0.377 e. The van der Waals surface area contributed by atoms with Crippen LogP contribution in [0.25, 0.3) is 0 Å². The molecule has 0 bridgehead atoms. The number of halogens is 1. The first-order valence-electron chi connectivity index (χ1n) is 5.88. The normalized spacial score (nSPS) is 12.2. The summed E-state index contributed by atoms with van der Waals surface area (Å²) in [5.41, 5.74) is 1.12. The van der Waals surface area contributed by atoms with Crippen LogP contribution in [0.1, 0.15) is 24.4 Å². The van der Waals surface area contributed by atoms with E-state index in [1.807, 2.05) is 19.1 Å². The Hall–Kier alpha value is -1.72. The van der Waals surface area contributed by atoms with E-state index < -0.39 is 0 Å². The summed E-state index contributed by atoms with van der Waals surface area (Å²) in [5.74, 6) is 1.23. The molecule has 6 heteroatoms. The number of hydrogen-bond donors (Lipinski definition) is 1. The van der Waals surface area contributed by atoms with Gasteiger partial charge in [-0.2, -0.15) is 0 Å². The highest BCUT2D eigenvalue weighted by Gasteiger charge is 2.08. The highest BCUT2D eigenvalue weighted by molar-refractivity contribution is 6.29. The van der Waals surface area contributed by atoms with Crippen LogP contribution in [-0.2, 0) is 11.3 Å². The second-order valence-electron chi connectivity index (χ2n) is 4.07. The minimum atomic E-state index is 0.101. The maximum Gasteiger partial charge on any atom is 0.158 e. The van der Waals surface area contributed by atoms with E-state index in [9.17, 15) is 0 Å². The number of nitrogens with one attached hydrogen (secondary N) is 1. The van der Waals surface area contributed by atoms with Gasteiger partial charge in [-0.25, -0.2) is 9.97 Å². The summed E-state index contributed by atoms with van der Waals surface area (Å²) in [5, 5.41) is 3.67. The fourth-order valence-electron chi connectivity index (χ4n) is 1.69. The average Bonchev–Trinajstić information content (AvgIpc) is 2.39. The SMILES string of the molecule is COCc1nc(Cl)cc(NC(C)c2ccncc2)n1. The van der Waals surface area contributed by atoms with Crippen LogP contribution in [0, 0.1) is 0 Å². The quantitative estimate of drug-likeness (QED) is 0.852. The first-order valence-corrected chi connectivity index (χ1v) is 6.25. The third kappa shape index (κ3) is 3.87. The minimum Gasteiger partial charge on any atom is -0.377 e. The molecule has 0 spiro atoms. The van der Waals surface area contributed by atoms with Gasteiger partial charge in [-0.1, -0.05) is 11.6 Å². The zero-order valence-corrected chi connectivity index (χ0v) is 11.6. The van der Waals surface area contributed by atoms with Crippen molar-refractivity contribution in [1.29, 1.82) is 0 Å². The smallest absolute Gasteiger partial charge is 0.158 e. The van der Waals surface area contributed by atoms with Crippen molar-refractivity contribution in [3.8, 4) is 0 Å². The van der Waals surface area contributed by atoms with E-state index in [0.717, 1.165) is 5.56 Å². The molecule has 0 saturated heterocycles. The number of anilines is 1. The van der Waals surface area contributed by atoms with Crippen molar-refractivity contribution in [1.82, 2.24) is 15.0 Å². The highest BCUT2D eigenvalue weighted by atomic mass is 35.5. The lowest BCUT2D eigenvalue weighted by molar-refractivity contribution is 0.178. The van der Waals surface area contributed by atoms with Gasteiger partial charge in [-0.15, -0.1) is 0 Å². The van der Waals surface area contributed by atoms with Gasteiger partial charge in [0.2, 0.25) is 0 Å². The van der Waals surface area contributed by atoms with Crippen LogP contribution in [-0.4, -0.2) is 22.1 Å². The standard InChI is InChI=1S/C13H15ClN4O/c1-9(10-3-5-15-6-4-10)16-12-7-11(14)17-13(18-12)8-19-2/h3-7,9H,8H2,1-2H3,(H,16,17,18). The molecule has 0 radical (unpaired) electrons. The summed E-state index contributed by atoms with van der Waals surface area (Å²) in [6, 6.07) is 5.70. The van der Waals surface area contributed by atoms with Crippen LogP contribution < -0.4 is 5.32 Å². The molecule has 1 unspecified atom stereocenters. The summed E-state index contributed by atoms with van der Waals surface area (Å²) in [7, 11) is 1.59. The van der Waals surface area contributed by atoms with Gasteiger partial charge in [0.05, 0.1) is 6.04 Å². The Morgan fingerprint density at radius 1 is 1.32 bits per heavy atom. The van der Waals surface area contributed by atoms with Crippen LogP contribution in [0.4, 0.5) is 5.82 Å². The summed E-state index contributed by atoms with van der Waals surface area (Å²) in [6.45, 7) is 2.38. The Balaban J connectivity index is 2.14. The molecule has 2 aromatic rings. The van der Waals surface area contributed by atoms with Gasteiger partial charge < -0.3 is 10.1 Å². The van der Waals surface area contributed by atoms with Crippen molar-refractivity contribution in [3.63, 3.8) is 0 Å². The van der Waals surface area contributed by atoms with Gasteiger partial charge in [-0.3, -0.25) is 4.98 Å². The highest BCUT2D eigenvalue weighted by Crippen LogP contribution is 2.19. The molecule has 0 aliphatic rings. The van der Waals surface area contributed by atoms with E-state index in [4.69, 9.17) is 16.3 Å². The summed E-state index contributed by atoms with van der Waals surface area (Å²) in [6.07, 6.45) is 3.52. The van der Waals surface area contributed by atoms with Gasteiger partial charge in [0, 0.05) is 25.6 Å². The van der Waals surface area contributed by atoms with E-state index in [1.165, 1.54) is 0 Å². The monoisotopic (exact) mass is 278 g/mol. The molecule has 0 saturated carbocycles. The zero-order valence-electron chi connectivity index (χ0n) is 10.8. The Kier molecular flexibility index (Phi) is 4.65. The molecule has 19 heavy (non-hydrogen) atoms. The lowest BCUT2D eigenvalue weighted by Crippen LogP contribution is -2.10. The Morgan fingerprint density at radius 2 is 2.05 bits per heavy atom. The number of nitrogens with zero attached hydrogens (tertiary/aromatic N) is 3. The van der Waals surface area contributed by atoms with E-state index in [-0.39, 0.29) is 6.04 Å². The second kappa shape index (κ2) is 6.45. The maximum atomic E-state index is 5.96. The van der Waals surface area contributed by atoms with Gasteiger partial charge in [-0.05, 0) is 24.6 Å². The van der Waals surface area contributed by atoms with Crippen molar-refractivity contribution in [2.24, 2.45) is 0 Å². The first kappa shape index (κ1) is 13.7. The molecule has 0 aliphatic heterocycles. The zero-order chi connectivity index (χ0) is 13.7. The van der Waals surface area contributed by atoms with Gasteiger partial charge >= 0.3 is 0 Å². The molecule has 2 rings (SSSR count). The Morgan fingerprint density at radius 3 is 2.74 bits per heavy atom. The lowest BCUT2D eigenvalue weighted by Gasteiger charge is -2.15. The molecule has 0 aliphatic carbocycles. The van der Waals surface area contributed by atoms with Gasteiger partial charge in [0.25, 0.3) is 0 Å². The van der Waals surface area contributed by atoms with Crippen LogP contribution in [0.2, 0.25) is 5.15 Å². The first-order chi connectivity index (χ1) is 9.19. The van der Waals surface area contributed by atoms with Crippen molar-refractivity contribution in [2.45, 2.75) is 19.6 Å². The van der Waals surface area contributed by atoms with Crippen LogP contribution >= 0.6 is 11.6 Å². The maximum absolute atomic E-state index is 5.96. The minimum absolute atomic E-state index is 0.101. The lowest BCUT2D eigenvalue weighted by atomic mass is 10.1. The third-order valence-electron chi connectivity index (χ3n) is 2.59. The Labute approximate surface area is 117 Å². The summed E-state index contributed by atoms with van der Waals surface area (Å²) < 4.78 is 5.01. The predicted octanol–water partition coefficient (Wildman–Crippen LogP) is 2.84. The molecule has 0 fully saturated rings. The van der Waals surface area contributed by atoms with E-state index in [2.05, 4.69) is 20.3 Å². The molecule has 0 aromatic carbocycles. The van der Waals surface area contributed by atoms with Gasteiger partial charge in [0.1, 0.15) is 17.6 Å². The Bertz CT molecular complexity index is 535. The van der Waals surface area contributed by atoms with Crippen molar-refractivity contribution < 1.29 is 4.74 Å². The van der Waals surface area contributed by atoms with Crippen molar-refractivity contribution in [3.05, 3.63) is 47.1 Å². The number of hydrogen-bond acceptors (Lipinski definition) is 5. The third-order valence-corrected chi connectivity index (χ3v) is 2.78. The average molecular weight is 279 g/mol. The predicted molar refractivity (Wildman–Crippen MR) is 74.0 cm³/mol. The van der Waals surface area contributed by atoms with Crippen LogP contribution in [0.5, 0.6) is 0 Å². The van der Waals surface area contributed by atoms with Crippen molar-refractivity contribution >= 4 is 17.4 Å². The van der Waals surface area contributed by atoms with E-state index in [0.29, 0.717) is 23.4 Å².